The van der Waals surface area contributed by atoms with Crippen LogP contribution in [0.15, 0.2) is 24.5 Å². The number of hydrogen-bond donors (Lipinski definition) is 1. The minimum Gasteiger partial charge on any atom is -0.444 e. The topological polar surface area (TPSA) is 54.5 Å². The van der Waals surface area contributed by atoms with Crippen molar-refractivity contribution in [3.63, 3.8) is 0 Å². The summed E-state index contributed by atoms with van der Waals surface area (Å²) in [6.45, 7) is 12.1. The Hall–Kier alpha value is -1.62. The number of aromatic nitrogens is 1. The predicted molar refractivity (Wildman–Crippen MR) is 93.3 cm³/mol. The van der Waals surface area contributed by atoms with Gasteiger partial charge in [-0.3, -0.25) is 4.98 Å². The number of nitrogens with zero attached hydrogens (tertiary/aromatic N) is 2. The summed E-state index contributed by atoms with van der Waals surface area (Å²) < 4.78 is 5.52. The van der Waals surface area contributed by atoms with Crippen molar-refractivity contribution in [3.8, 4) is 0 Å². The van der Waals surface area contributed by atoms with E-state index in [-0.39, 0.29) is 6.09 Å². The summed E-state index contributed by atoms with van der Waals surface area (Å²) in [6.07, 6.45) is 5.24. The van der Waals surface area contributed by atoms with Crippen molar-refractivity contribution in [2.24, 2.45) is 0 Å². The molecule has 0 aliphatic carbocycles. The van der Waals surface area contributed by atoms with E-state index in [4.69, 9.17) is 4.74 Å². The molecule has 0 bridgehead atoms. The van der Waals surface area contributed by atoms with Crippen LogP contribution >= 0.6 is 0 Å². The first-order valence-electron chi connectivity index (χ1n) is 8.42. The lowest BCUT2D eigenvalue weighted by Gasteiger charge is -2.27. The first-order valence-corrected chi connectivity index (χ1v) is 8.42. The maximum atomic E-state index is 12.4. The number of rotatable bonds is 8. The Labute approximate surface area is 140 Å². The normalized spacial score (nSPS) is 12.7. The maximum Gasteiger partial charge on any atom is 0.410 e. The van der Waals surface area contributed by atoms with Crippen LogP contribution in [0.2, 0.25) is 0 Å². The van der Waals surface area contributed by atoms with Crippen LogP contribution in [-0.4, -0.2) is 40.7 Å². The third-order valence-corrected chi connectivity index (χ3v) is 3.46. The molecule has 0 aliphatic heterocycles. The van der Waals surface area contributed by atoms with Crippen LogP contribution in [0, 0.1) is 0 Å². The van der Waals surface area contributed by atoms with E-state index in [9.17, 15) is 4.79 Å². The molecule has 0 saturated heterocycles. The third-order valence-electron chi connectivity index (χ3n) is 3.46. The molecule has 130 valence electrons. The van der Waals surface area contributed by atoms with Crippen LogP contribution in [0.1, 0.15) is 53.0 Å². The molecule has 23 heavy (non-hydrogen) atoms. The van der Waals surface area contributed by atoms with Gasteiger partial charge in [0.1, 0.15) is 5.60 Å². The Kier molecular flexibility index (Phi) is 8.03. The van der Waals surface area contributed by atoms with Gasteiger partial charge >= 0.3 is 6.09 Å². The van der Waals surface area contributed by atoms with Crippen molar-refractivity contribution in [1.82, 2.24) is 15.2 Å². The lowest BCUT2D eigenvalue weighted by molar-refractivity contribution is 0.0231. The molecule has 0 fully saturated rings. The second-order valence-corrected chi connectivity index (χ2v) is 6.88. The quantitative estimate of drug-likeness (QED) is 0.743. The van der Waals surface area contributed by atoms with Gasteiger partial charge in [-0.2, -0.15) is 0 Å². The van der Waals surface area contributed by atoms with Crippen molar-refractivity contribution in [2.75, 3.05) is 13.1 Å². The number of nitrogens with one attached hydrogen (secondary N) is 1. The first-order chi connectivity index (χ1) is 10.8. The molecule has 1 rings (SSSR count). The zero-order chi connectivity index (χ0) is 17.3. The van der Waals surface area contributed by atoms with Gasteiger partial charge in [-0.05, 0) is 58.7 Å². The Morgan fingerprint density at radius 3 is 2.74 bits per heavy atom. The summed E-state index contributed by atoms with van der Waals surface area (Å²) in [5.41, 5.74) is 0.521. The molecule has 0 aliphatic rings. The Morgan fingerprint density at radius 2 is 2.17 bits per heavy atom. The van der Waals surface area contributed by atoms with E-state index in [1.165, 1.54) is 0 Å². The molecule has 1 N–H and O–H groups in total. The zero-order valence-electron chi connectivity index (χ0n) is 15.1. The van der Waals surface area contributed by atoms with E-state index in [0.29, 0.717) is 19.1 Å². The van der Waals surface area contributed by atoms with Crippen molar-refractivity contribution < 1.29 is 9.53 Å². The lowest BCUT2D eigenvalue weighted by atomic mass is 10.2. The fraction of sp³-hybridized carbons (Fsp3) is 0.667. The second-order valence-electron chi connectivity index (χ2n) is 6.88. The standard InChI is InChI=1S/C18H31N3O2/c1-6-15(2)20-11-8-12-21(17(22)23-18(3,4)5)14-16-9-7-10-19-13-16/h7,9-10,13,15,20H,6,8,11-12,14H2,1-5H3. The van der Waals surface area contributed by atoms with Crippen LogP contribution < -0.4 is 5.32 Å². The molecule has 0 aromatic carbocycles. The molecule has 1 unspecified atom stereocenters. The van der Waals surface area contributed by atoms with Crippen molar-refractivity contribution in [3.05, 3.63) is 30.1 Å². The first kappa shape index (κ1) is 19.4. The molecule has 0 saturated carbocycles. The SMILES string of the molecule is CCC(C)NCCCN(Cc1cccnc1)C(=O)OC(C)(C)C. The highest BCUT2D eigenvalue weighted by molar-refractivity contribution is 5.68. The summed E-state index contributed by atoms with van der Waals surface area (Å²) in [6, 6.07) is 4.36. The van der Waals surface area contributed by atoms with Gasteiger partial charge in [-0.1, -0.05) is 13.0 Å². The lowest BCUT2D eigenvalue weighted by Crippen LogP contribution is -2.38. The van der Waals surface area contributed by atoms with Crippen molar-refractivity contribution in [2.45, 2.75) is 65.6 Å². The molecule has 1 atom stereocenters. The van der Waals surface area contributed by atoms with Crippen molar-refractivity contribution >= 4 is 6.09 Å². The Bertz CT molecular complexity index is 457. The highest BCUT2D eigenvalue weighted by Crippen LogP contribution is 2.12. The van der Waals surface area contributed by atoms with Gasteiger partial charge in [-0.25, -0.2) is 4.79 Å². The average Bonchev–Trinajstić information content (AvgIpc) is 2.49. The second kappa shape index (κ2) is 9.50. The predicted octanol–water partition coefficient (Wildman–Crippen LogP) is 3.60. The maximum absolute atomic E-state index is 12.4. The molecule has 0 radical (unpaired) electrons. The molecule has 0 spiro atoms. The number of ether oxygens (including phenoxy) is 1. The number of pyridine rings is 1. The fourth-order valence-corrected chi connectivity index (χ4v) is 2.04. The Balaban J connectivity index is 2.59. The van der Waals surface area contributed by atoms with Crippen LogP contribution in [0.3, 0.4) is 0 Å². The largest absolute Gasteiger partial charge is 0.444 e. The molecule has 1 aromatic heterocycles. The van der Waals surface area contributed by atoms with E-state index in [2.05, 4.69) is 24.1 Å². The highest BCUT2D eigenvalue weighted by atomic mass is 16.6. The molecule has 1 heterocycles. The van der Waals surface area contributed by atoms with Crippen LogP contribution in [0.5, 0.6) is 0 Å². The number of amides is 1. The zero-order valence-corrected chi connectivity index (χ0v) is 15.1. The monoisotopic (exact) mass is 321 g/mol. The van der Waals surface area contributed by atoms with E-state index in [1.54, 1.807) is 17.3 Å². The van der Waals surface area contributed by atoms with Crippen molar-refractivity contribution in [1.29, 1.82) is 0 Å². The number of carbonyl (C=O) groups is 1. The van der Waals surface area contributed by atoms with Gasteiger partial charge in [0.2, 0.25) is 0 Å². The molecule has 1 aromatic rings. The van der Waals surface area contributed by atoms with Gasteiger partial charge in [0.15, 0.2) is 0 Å². The molecular formula is C18H31N3O2. The van der Waals surface area contributed by atoms with E-state index < -0.39 is 5.60 Å². The molecular weight excluding hydrogens is 290 g/mol. The summed E-state index contributed by atoms with van der Waals surface area (Å²) in [5.74, 6) is 0. The number of carbonyl (C=O) groups excluding carboxylic acids is 1. The fourth-order valence-electron chi connectivity index (χ4n) is 2.04. The van der Waals surface area contributed by atoms with E-state index >= 15 is 0 Å². The van der Waals surface area contributed by atoms with E-state index in [1.807, 2.05) is 32.9 Å². The average molecular weight is 321 g/mol. The van der Waals surface area contributed by atoms with Crippen LogP contribution in [0.4, 0.5) is 4.79 Å². The molecule has 5 nitrogen and oxygen atoms in total. The van der Waals surface area contributed by atoms with Crippen LogP contribution in [-0.2, 0) is 11.3 Å². The van der Waals surface area contributed by atoms with Gasteiger partial charge in [0, 0.05) is 25.0 Å². The summed E-state index contributed by atoms with van der Waals surface area (Å²) in [5, 5.41) is 3.45. The van der Waals surface area contributed by atoms with Gasteiger partial charge in [-0.15, -0.1) is 0 Å². The molecule has 5 heteroatoms. The van der Waals surface area contributed by atoms with Gasteiger partial charge in [0.05, 0.1) is 6.54 Å². The Morgan fingerprint density at radius 1 is 1.43 bits per heavy atom. The van der Waals surface area contributed by atoms with E-state index in [0.717, 1.165) is 24.9 Å². The van der Waals surface area contributed by atoms with Crippen LogP contribution in [0.25, 0.3) is 0 Å². The van der Waals surface area contributed by atoms with Gasteiger partial charge in [0.25, 0.3) is 0 Å². The third kappa shape index (κ3) is 8.55. The van der Waals surface area contributed by atoms with Gasteiger partial charge < -0.3 is 15.0 Å². The molecule has 1 amide bonds. The summed E-state index contributed by atoms with van der Waals surface area (Å²) in [7, 11) is 0. The highest BCUT2D eigenvalue weighted by Gasteiger charge is 2.22. The number of hydrogen-bond acceptors (Lipinski definition) is 4. The minimum absolute atomic E-state index is 0.273. The smallest absolute Gasteiger partial charge is 0.410 e. The summed E-state index contributed by atoms with van der Waals surface area (Å²) in [4.78, 5) is 18.3. The summed E-state index contributed by atoms with van der Waals surface area (Å²) >= 11 is 0. The minimum atomic E-state index is -0.487.